The number of carboxylic acid groups (broad SMARTS) is 1. The van der Waals surface area contributed by atoms with Gasteiger partial charge in [-0.1, -0.05) is 30.5 Å². The van der Waals surface area contributed by atoms with Gasteiger partial charge in [0.15, 0.2) is 0 Å². The van der Waals surface area contributed by atoms with Gasteiger partial charge in [-0.15, -0.1) is 12.4 Å². The molecule has 166 valence electrons. The summed E-state index contributed by atoms with van der Waals surface area (Å²) in [7, 11) is -0.430. The zero-order valence-electron chi connectivity index (χ0n) is 16.6. The third-order valence-electron chi connectivity index (χ3n) is 5.41. The summed E-state index contributed by atoms with van der Waals surface area (Å²) in [6.45, 7) is 0.500. The van der Waals surface area contributed by atoms with Gasteiger partial charge in [0.2, 0.25) is 10.0 Å². The average Bonchev–Trinajstić information content (AvgIpc) is 3.15. The van der Waals surface area contributed by atoms with Crippen molar-refractivity contribution >= 4 is 66.7 Å². The molecular weight excluding hydrogens is 517 g/mol. The minimum absolute atomic E-state index is 0. The first-order valence-electron chi connectivity index (χ1n) is 9.24. The van der Waals surface area contributed by atoms with Gasteiger partial charge >= 0.3 is 5.97 Å². The van der Waals surface area contributed by atoms with Crippen LogP contribution in [-0.4, -0.2) is 66.4 Å². The van der Waals surface area contributed by atoms with Gasteiger partial charge < -0.3 is 10.0 Å². The van der Waals surface area contributed by atoms with Gasteiger partial charge in [-0.05, 0) is 55.0 Å². The minimum Gasteiger partial charge on any atom is -0.480 e. The standard InChI is InChI=1S/C19H23BrClN3O4S.ClH/c1-23(2)9-10-24(19(18(25)26)7-3-4-8-19)29(27,28)13-5-6-14-15(11-13)17(21)22-12-16(14)20;/h5-6,11-12H,3-4,7-10H2,1-2H3,(H,25,26);1H. The quantitative estimate of drug-likeness (QED) is 0.533. The molecule has 0 saturated heterocycles. The summed E-state index contributed by atoms with van der Waals surface area (Å²) in [5.41, 5.74) is -1.43. The Kier molecular flexibility index (Phi) is 8.15. The van der Waals surface area contributed by atoms with Gasteiger partial charge in [0.1, 0.15) is 10.7 Å². The number of nitrogens with zero attached hydrogens (tertiary/aromatic N) is 3. The molecule has 0 spiro atoms. The molecule has 1 aromatic heterocycles. The third-order valence-corrected chi connectivity index (χ3v) is 8.30. The Morgan fingerprint density at radius 3 is 2.43 bits per heavy atom. The monoisotopic (exact) mass is 539 g/mol. The number of likely N-dealkylation sites (N-methyl/N-ethyl adjacent to an activating group) is 1. The number of hydrogen-bond donors (Lipinski definition) is 1. The van der Waals surface area contributed by atoms with E-state index in [9.17, 15) is 18.3 Å². The van der Waals surface area contributed by atoms with E-state index in [4.69, 9.17) is 11.6 Å². The minimum atomic E-state index is -4.08. The summed E-state index contributed by atoms with van der Waals surface area (Å²) in [6.07, 6.45) is 3.52. The zero-order chi connectivity index (χ0) is 21.4. The summed E-state index contributed by atoms with van der Waals surface area (Å²) in [5, 5.41) is 11.4. The molecule has 11 heteroatoms. The molecule has 1 N–H and O–H groups in total. The van der Waals surface area contributed by atoms with Crippen LogP contribution < -0.4 is 0 Å². The fourth-order valence-electron chi connectivity index (χ4n) is 3.83. The molecular formula is C19H24BrCl2N3O4S. The lowest BCUT2D eigenvalue weighted by atomic mass is 9.98. The zero-order valence-corrected chi connectivity index (χ0v) is 20.6. The van der Waals surface area contributed by atoms with Crippen molar-refractivity contribution in [3.63, 3.8) is 0 Å². The van der Waals surface area contributed by atoms with Crippen molar-refractivity contribution in [3.05, 3.63) is 34.0 Å². The number of carboxylic acids is 1. The van der Waals surface area contributed by atoms with Crippen LogP contribution in [0.4, 0.5) is 0 Å². The number of pyridine rings is 1. The highest BCUT2D eigenvalue weighted by Gasteiger charge is 2.51. The van der Waals surface area contributed by atoms with Crippen molar-refractivity contribution in [3.8, 4) is 0 Å². The van der Waals surface area contributed by atoms with E-state index in [2.05, 4.69) is 20.9 Å². The lowest BCUT2D eigenvalue weighted by Gasteiger charge is -2.37. The Hall–Kier alpha value is -0.970. The third kappa shape index (κ3) is 4.61. The highest BCUT2D eigenvalue weighted by atomic mass is 79.9. The van der Waals surface area contributed by atoms with E-state index in [1.807, 2.05) is 19.0 Å². The van der Waals surface area contributed by atoms with E-state index < -0.39 is 21.5 Å². The average molecular weight is 541 g/mol. The second-order valence-electron chi connectivity index (χ2n) is 7.53. The maximum Gasteiger partial charge on any atom is 0.325 e. The predicted octanol–water partition coefficient (Wildman–Crippen LogP) is 4.02. The molecule has 0 radical (unpaired) electrons. The van der Waals surface area contributed by atoms with Crippen LogP contribution >= 0.6 is 39.9 Å². The second-order valence-corrected chi connectivity index (χ2v) is 10.6. The van der Waals surface area contributed by atoms with Gasteiger partial charge in [0, 0.05) is 34.5 Å². The molecule has 1 saturated carbocycles. The van der Waals surface area contributed by atoms with Gasteiger partial charge in [0.25, 0.3) is 0 Å². The Morgan fingerprint density at radius 2 is 1.87 bits per heavy atom. The smallest absolute Gasteiger partial charge is 0.325 e. The highest BCUT2D eigenvalue weighted by molar-refractivity contribution is 9.10. The van der Waals surface area contributed by atoms with Gasteiger partial charge in [-0.3, -0.25) is 4.79 Å². The van der Waals surface area contributed by atoms with Crippen molar-refractivity contribution in [2.45, 2.75) is 36.1 Å². The maximum absolute atomic E-state index is 13.7. The Balaban J connectivity index is 0.00000320. The molecule has 0 unspecified atom stereocenters. The van der Waals surface area contributed by atoms with Crippen LogP contribution in [0.2, 0.25) is 5.15 Å². The first-order chi connectivity index (χ1) is 13.6. The first-order valence-corrected chi connectivity index (χ1v) is 11.9. The molecule has 0 aliphatic heterocycles. The predicted molar refractivity (Wildman–Crippen MR) is 123 cm³/mol. The van der Waals surface area contributed by atoms with Crippen LogP contribution in [0, 0.1) is 0 Å². The molecule has 1 heterocycles. The summed E-state index contributed by atoms with van der Waals surface area (Å²) in [4.78, 5) is 18.2. The number of aliphatic carboxylic acids is 1. The van der Waals surface area contributed by atoms with E-state index in [1.165, 1.54) is 16.4 Å². The normalized spacial score (nSPS) is 16.2. The van der Waals surface area contributed by atoms with Gasteiger partial charge in [-0.25, -0.2) is 13.4 Å². The molecule has 7 nitrogen and oxygen atoms in total. The van der Waals surface area contributed by atoms with E-state index in [0.717, 1.165) is 5.39 Å². The summed E-state index contributed by atoms with van der Waals surface area (Å²) >= 11 is 9.59. The van der Waals surface area contributed by atoms with Crippen molar-refractivity contribution < 1.29 is 18.3 Å². The summed E-state index contributed by atoms with van der Waals surface area (Å²) < 4.78 is 29.2. The fourth-order valence-corrected chi connectivity index (χ4v) is 6.28. The number of fused-ring (bicyclic) bond motifs is 1. The molecule has 1 aliphatic carbocycles. The van der Waals surface area contributed by atoms with Crippen LogP contribution in [0.5, 0.6) is 0 Å². The SMILES string of the molecule is CN(C)CCN(C1(C(=O)O)CCCC1)S(=O)(=O)c1ccc2c(Br)cnc(Cl)c2c1.Cl. The molecule has 0 amide bonds. The van der Waals surface area contributed by atoms with E-state index in [1.54, 1.807) is 12.3 Å². The Morgan fingerprint density at radius 1 is 1.23 bits per heavy atom. The topological polar surface area (TPSA) is 90.8 Å². The summed E-state index contributed by atoms with van der Waals surface area (Å²) in [5.74, 6) is -1.10. The lowest BCUT2D eigenvalue weighted by molar-refractivity contribution is -0.148. The summed E-state index contributed by atoms with van der Waals surface area (Å²) in [6, 6.07) is 4.62. The molecule has 1 aliphatic rings. The van der Waals surface area contributed by atoms with Crippen LogP contribution in [0.15, 0.2) is 33.8 Å². The van der Waals surface area contributed by atoms with Crippen molar-refractivity contribution in [2.75, 3.05) is 27.2 Å². The molecule has 0 atom stereocenters. The largest absolute Gasteiger partial charge is 0.480 e. The number of sulfonamides is 1. The lowest BCUT2D eigenvalue weighted by Crippen LogP contribution is -2.56. The molecule has 0 bridgehead atoms. The molecule has 1 fully saturated rings. The number of rotatable bonds is 7. The van der Waals surface area contributed by atoms with Crippen LogP contribution in [0.1, 0.15) is 25.7 Å². The van der Waals surface area contributed by atoms with Crippen LogP contribution in [-0.2, 0) is 14.8 Å². The molecule has 3 rings (SSSR count). The Labute approximate surface area is 196 Å². The van der Waals surface area contributed by atoms with Crippen molar-refractivity contribution in [1.29, 1.82) is 0 Å². The number of halogens is 3. The maximum atomic E-state index is 13.7. The van der Waals surface area contributed by atoms with E-state index in [0.29, 0.717) is 42.1 Å². The molecule has 30 heavy (non-hydrogen) atoms. The number of carbonyl (C=O) groups is 1. The molecule has 1 aromatic carbocycles. The van der Waals surface area contributed by atoms with Crippen molar-refractivity contribution in [1.82, 2.24) is 14.2 Å². The Bertz CT molecular complexity index is 1040. The first kappa shape index (κ1) is 25.3. The van der Waals surface area contributed by atoms with E-state index in [-0.39, 0.29) is 29.0 Å². The fraction of sp³-hybridized carbons (Fsp3) is 0.474. The van der Waals surface area contributed by atoms with Crippen molar-refractivity contribution in [2.24, 2.45) is 0 Å². The van der Waals surface area contributed by atoms with Crippen LogP contribution in [0.3, 0.4) is 0 Å². The van der Waals surface area contributed by atoms with Gasteiger partial charge in [-0.2, -0.15) is 4.31 Å². The van der Waals surface area contributed by atoms with E-state index >= 15 is 0 Å². The van der Waals surface area contributed by atoms with Crippen LogP contribution in [0.25, 0.3) is 10.8 Å². The molecule has 2 aromatic rings. The van der Waals surface area contributed by atoms with Gasteiger partial charge in [0.05, 0.1) is 4.90 Å². The number of hydrogen-bond acceptors (Lipinski definition) is 5. The highest BCUT2D eigenvalue weighted by Crippen LogP contribution is 2.40. The second kappa shape index (κ2) is 9.67. The number of aromatic nitrogens is 1. The number of benzene rings is 1.